The standard InChI is InChI=1S/C20H20N6S/c1-2-4-17(5-3-1)26-20-18(12-23-26)19(21-15-22-20)25-9-7-24(8-10-25)13-16-6-11-27-14-16/h1-6,11-12,14-15H,7-10,13H2. The molecule has 0 N–H and O–H groups in total. The molecule has 0 atom stereocenters. The Labute approximate surface area is 161 Å². The van der Waals surface area contributed by atoms with Crippen LogP contribution in [-0.4, -0.2) is 50.8 Å². The van der Waals surface area contributed by atoms with Gasteiger partial charge in [0.15, 0.2) is 5.65 Å². The highest BCUT2D eigenvalue weighted by Gasteiger charge is 2.21. The Hall–Kier alpha value is -2.77. The number of benzene rings is 1. The van der Waals surface area contributed by atoms with E-state index in [2.05, 4.69) is 41.7 Å². The summed E-state index contributed by atoms with van der Waals surface area (Å²) in [4.78, 5) is 13.9. The molecule has 4 heterocycles. The largest absolute Gasteiger partial charge is 0.353 e. The van der Waals surface area contributed by atoms with Crippen LogP contribution in [0.25, 0.3) is 16.7 Å². The molecule has 4 aromatic rings. The van der Waals surface area contributed by atoms with Gasteiger partial charge in [-0.1, -0.05) is 18.2 Å². The molecule has 6 nitrogen and oxygen atoms in total. The third-order valence-corrected chi connectivity index (χ3v) is 5.74. The molecule has 1 aliphatic rings. The number of rotatable bonds is 4. The Morgan fingerprint density at radius 2 is 1.81 bits per heavy atom. The normalized spacial score (nSPS) is 15.5. The van der Waals surface area contributed by atoms with E-state index in [1.165, 1.54) is 5.56 Å². The molecule has 0 bridgehead atoms. The number of piperazine rings is 1. The molecule has 0 saturated carbocycles. The van der Waals surface area contributed by atoms with Gasteiger partial charge in [-0.25, -0.2) is 14.6 Å². The number of aromatic nitrogens is 4. The van der Waals surface area contributed by atoms with E-state index in [0.29, 0.717) is 0 Å². The second-order valence-electron chi connectivity index (χ2n) is 6.72. The van der Waals surface area contributed by atoms with Crippen LogP contribution in [0.3, 0.4) is 0 Å². The molecule has 7 heteroatoms. The first kappa shape index (κ1) is 16.4. The number of hydrogen-bond acceptors (Lipinski definition) is 6. The van der Waals surface area contributed by atoms with Crippen molar-refractivity contribution in [2.45, 2.75) is 6.54 Å². The summed E-state index contributed by atoms with van der Waals surface area (Å²) in [5, 5.41) is 9.95. The highest BCUT2D eigenvalue weighted by molar-refractivity contribution is 7.07. The lowest BCUT2D eigenvalue weighted by Crippen LogP contribution is -2.46. The zero-order valence-corrected chi connectivity index (χ0v) is 15.7. The summed E-state index contributed by atoms with van der Waals surface area (Å²) in [5.41, 5.74) is 3.27. The minimum Gasteiger partial charge on any atom is -0.353 e. The van der Waals surface area contributed by atoms with Crippen molar-refractivity contribution in [2.75, 3.05) is 31.1 Å². The molecular weight excluding hydrogens is 356 g/mol. The number of nitrogens with zero attached hydrogens (tertiary/aromatic N) is 6. The molecule has 5 rings (SSSR count). The van der Waals surface area contributed by atoms with Gasteiger partial charge in [-0.2, -0.15) is 16.4 Å². The van der Waals surface area contributed by atoms with Crippen molar-refractivity contribution in [3.8, 4) is 5.69 Å². The fourth-order valence-corrected chi connectivity index (χ4v) is 4.26. The second kappa shape index (κ2) is 7.09. The van der Waals surface area contributed by atoms with Crippen LogP contribution in [0.4, 0.5) is 5.82 Å². The zero-order chi connectivity index (χ0) is 18.1. The Kier molecular flexibility index (Phi) is 4.31. The minimum atomic E-state index is 0.854. The molecule has 1 saturated heterocycles. The van der Waals surface area contributed by atoms with Crippen molar-refractivity contribution in [1.82, 2.24) is 24.6 Å². The maximum Gasteiger partial charge on any atom is 0.168 e. The van der Waals surface area contributed by atoms with E-state index in [1.807, 2.05) is 41.2 Å². The fraction of sp³-hybridized carbons (Fsp3) is 0.250. The Bertz CT molecular complexity index is 1020. The van der Waals surface area contributed by atoms with Crippen molar-refractivity contribution < 1.29 is 0 Å². The first-order chi connectivity index (χ1) is 13.4. The van der Waals surface area contributed by atoms with Crippen molar-refractivity contribution in [3.63, 3.8) is 0 Å². The SMILES string of the molecule is c1ccc(-n2ncc3c(N4CCN(Cc5ccsc5)CC4)ncnc32)cc1. The fourth-order valence-electron chi connectivity index (χ4n) is 3.60. The third kappa shape index (κ3) is 3.20. The maximum atomic E-state index is 4.58. The second-order valence-corrected chi connectivity index (χ2v) is 7.50. The van der Waals surface area contributed by atoms with E-state index in [1.54, 1.807) is 17.7 Å². The van der Waals surface area contributed by atoms with Gasteiger partial charge in [0.2, 0.25) is 0 Å². The van der Waals surface area contributed by atoms with Gasteiger partial charge >= 0.3 is 0 Å². The summed E-state index contributed by atoms with van der Waals surface area (Å²) in [7, 11) is 0. The summed E-state index contributed by atoms with van der Waals surface area (Å²) in [6.45, 7) is 5.03. The van der Waals surface area contributed by atoms with Gasteiger partial charge in [0, 0.05) is 32.7 Å². The predicted molar refractivity (Wildman–Crippen MR) is 108 cm³/mol. The lowest BCUT2D eigenvalue weighted by atomic mass is 10.2. The predicted octanol–water partition coefficient (Wildman–Crippen LogP) is 3.20. The molecule has 0 spiro atoms. The van der Waals surface area contributed by atoms with E-state index in [4.69, 9.17) is 0 Å². The van der Waals surface area contributed by atoms with Crippen LogP contribution in [0.5, 0.6) is 0 Å². The molecular formula is C20H20N6S. The van der Waals surface area contributed by atoms with Gasteiger partial charge < -0.3 is 4.90 Å². The smallest absolute Gasteiger partial charge is 0.168 e. The summed E-state index contributed by atoms with van der Waals surface area (Å²) in [5.74, 6) is 0.984. The summed E-state index contributed by atoms with van der Waals surface area (Å²) >= 11 is 1.76. The Morgan fingerprint density at radius 3 is 2.59 bits per heavy atom. The van der Waals surface area contributed by atoms with Gasteiger partial charge in [-0.3, -0.25) is 4.90 Å². The molecule has 0 radical (unpaired) electrons. The lowest BCUT2D eigenvalue weighted by molar-refractivity contribution is 0.250. The molecule has 0 unspecified atom stereocenters. The van der Waals surface area contributed by atoms with Gasteiger partial charge in [0.25, 0.3) is 0 Å². The number of hydrogen-bond donors (Lipinski definition) is 0. The number of para-hydroxylation sites is 1. The Morgan fingerprint density at radius 1 is 0.963 bits per heavy atom. The van der Waals surface area contributed by atoms with Crippen LogP contribution in [0, 0.1) is 0 Å². The van der Waals surface area contributed by atoms with E-state index >= 15 is 0 Å². The van der Waals surface area contributed by atoms with Crippen LogP contribution in [0.15, 0.2) is 59.7 Å². The van der Waals surface area contributed by atoms with Crippen molar-refractivity contribution in [1.29, 1.82) is 0 Å². The molecule has 1 aliphatic heterocycles. The molecule has 1 aromatic carbocycles. The monoisotopic (exact) mass is 376 g/mol. The van der Waals surface area contributed by atoms with Crippen LogP contribution < -0.4 is 4.90 Å². The van der Waals surface area contributed by atoms with Gasteiger partial charge in [-0.15, -0.1) is 0 Å². The highest BCUT2D eigenvalue weighted by Crippen LogP contribution is 2.25. The molecule has 1 fully saturated rings. The number of fused-ring (bicyclic) bond motifs is 1. The van der Waals surface area contributed by atoms with Crippen LogP contribution in [-0.2, 0) is 6.54 Å². The van der Waals surface area contributed by atoms with E-state index < -0.39 is 0 Å². The van der Waals surface area contributed by atoms with Gasteiger partial charge in [0.1, 0.15) is 12.1 Å². The average molecular weight is 376 g/mol. The summed E-state index contributed by atoms with van der Waals surface area (Å²) in [6, 6.07) is 12.3. The first-order valence-corrected chi connectivity index (χ1v) is 10.1. The average Bonchev–Trinajstić information content (AvgIpc) is 3.39. The third-order valence-electron chi connectivity index (χ3n) is 5.00. The lowest BCUT2D eigenvalue weighted by Gasteiger charge is -2.35. The van der Waals surface area contributed by atoms with Gasteiger partial charge in [-0.05, 0) is 34.5 Å². The molecule has 0 aliphatic carbocycles. The first-order valence-electron chi connectivity index (χ1n) is 9.11. The highest BCUT2D eigenvalue weighted by atomic mass is 32.1. The van der Waals surface area contributed by atoms with Gasteiger partial charge in [0.05, 0.1) is 17.3 Å². The summed E-state index contributed by atoms with van der Waals surface area (Å²) in [6.07, 6.45) is 3.53. The molecule has 3 aromatic heterocycles. The quantitative estimate of drug-likeness (QED) is 0.547. The van der Waals surface area contributed by atoms with Crippen LogP contribution in [0.2, 0.25) is 0 Å². The minimum absolute atomic E-state index is 0.854. The van der Waals surface area contributed by atoms with E-state index in [9.17, 15) is 0 Å². The maximum absolute atomic E-state index is 4.58. The number of thiophene rings is 1. The molecule has 0 amide bonds. The van der Waals surface area contributed by atoms with Crippen molar-refractivity contribution >= 4 is 28.2 Å². The van der Waals surface area contributed by atoms with Crippen LogP contribution in [0.1, 0.15) is 5.56 Å². The Balaban J connectivity index is 1.37. The topological polar surface area (TPSA) is 50.1 Å². The van der Waals surface area contributed by atoms with E-state index in [-0.39, 0.29) is 0 Å². The molecule has 27 heavy (non-hydrogen) atoms. The van der Waals surface area contributed by atoms with E-state index in [0.717, 1.165) is 55.3 Å². The number of anilines is 1. The zero-order valence-electron chi connectivity index (χ0n) is 14.9. The van der Waals surface area contributed by atoms with Crippen LogP contribution >= 0.6 is 11.3 Å². The summed E-state index contributed by atoms with van der Waals surface area (Å²) < 4.78 is 1.88. The van der Waals surface area contributed by atoms with Crippen molar-refractivity contribution in [3.05, 3.63) is 65.2 Å². The molecule has 136 valence electrons. The van der Waals surface area contributed by atoms with Crippen molar-refractivity contribution in [2.24, 2.45) is 0 Å².